The second-order valence-electron chi connectivity index (χ2n) is 6.90. The molecule has 2 N–H and O–H groups in total. The van der Waals surface area contributed by atoms with Gasteiger partial charge in [-0.05, 0) is 58.2 Å². The number of fused-ring (bicyclic) bond motifs is 1. The Hall–Kier alpha value is -1.75. The van der Waals surface area contributed by atoms with E-state index in [-0.39, 0.29) is 12.1 Å². The van der Waals surface area contributed by atoms with Crippen LogP contribution in [0.5, 0.6) is 5.75 Å². The molecule has 1 amide bonds. The predicted octanol–water partition coefficient (Wildman–Crippen LogP) is 3.40. The first-order valence-corrected chi connectivity index (χ1v) is 8.25. The van der Waals surface area contributed by atoms with Gasteiger partial charge in [0.1, 0.15) is 11.4 Å². The van der Waals surface area contributed by atoms with Crippen LogP contribution in [-0.2, 0) is 17.7 Å². The van der Waals surface area contributed by atoms with E-state index < -0.39 is 5.60 Å². The molecule has 5 heteroatoms. The second kappa shape index (κ2) is 6.79. The van der Waals surface area contributed by atoms with E-state index in [0.717, 1.165) is 23.3 Å². The lowest BCUT2D eigenvalue weighted by atomic mass is 9.91. The zero-order valence-electron chi connectivity index (χ0n) is 14.8. The van der Waals surface area contributed by atoms with Gasteiger partial charge >= 0.3 is 6.09 Å². The van der Waals surface area contributed by atoms with Crippen molar-refractivity contribution in [2.75, 3.05) is 13.2 Å². The van der Waals surface area contributed by atoms with E-state index in [2.05, 4.69) is 6.07 Å². The van der Waals surface area contributed by atoms with Crippen molar-refractivity contribution in [3.05, 3.63) is 28.8 Å². The van der Waals surface area contributed by atoms with Crippen molar-refractivity contribution in [2.45, 2.75) is 59.2 Å². The highest BCUT2D eigenvalue weighted by Crippen LogP contribution is 2.35. The number of hydrogen-bond donors (Lipinski definition) is 1. The number of carbonyl (C=O) groups excluding carboxylic acids is 1. The molecule has 1 atom stereocenters. The van der Waals surface area contributed by atoms with Gasteiger partial charge in [-0.2, -0.15) is 0 Å². The molecular formula is C18H28N2O3. The Morgan fingerprint density at radius 3 is 2.65 bits per heavy atom. The average molecular weight is 320 g/mol. The molecule has 1 aliphatic heterocycles. The summed E-state index contributed by atoms with van der Waals surface area (Å²) in [7, 11) is 0. The fourth-order valence-corrected chi connectivity index (χ4v) is 2.92. The summed E-state index contributed by atoms with van der Waals surface area (Å²) in [5, 5.41) is 0. The molecule has 1 aromatic carbocycles. The first kappa shape index (κ1) is 17.6. The molecule has 23 heavy (non-hydrogen) atoms. The van der Waals surface area contributed by atoms with Crippen LogP contribution in [0.15, 0.2) is 12.1 Å². The van der Waals surface area contributed by atoms with Crippen LogP contribution >= 0.6 is 0 Å². The fraction of sp³-hybridized carbons (Fsp3) is 0.611. The van der Waals surface area contributed by atoms with Gasteiger partial charge < -0.3 is 20.1 Å². The number of ether oxygens (including phenoxy) is 2. The summed E-state index contributed by atoms with van der Waals surface area (Å²) in [4.78, 5) is 14.2. The summed E-state index contributed by atoms with van der Waals surface area (Å²) in [5.41, 5.74) is 8.71. The third-order valence-corrected chi connectivity index (χ3v) is 4.01. The quantitative estimate of drug-likeness (QED) is 0.927. The highest BCUT2D eigenvalue weighted by Gasteiger charge is 2.31. The normalized spacial score (nSPS) is 17.7. The lowest BCUT2D eigenvalue weighted by molar-refractivity contribution is 0.0159. The summed E-state index contributed by atoms with van der Waals surface area (Å²) < 4.78 is 11.2. The lowest BCUT2D eigenvalue weighted by Crippen LogP contribution is -2.42. The maximum absolute atomic E-state index is 12.4. The highest BCUT2D eigenvalue weighted by molar-refractivity contribution is 5.69. The second-order valence-corrected chi connectivity index (χ2v) is 6.90. The van der Waals surface area contributed by atoms with Crippen LogP contribution in [0.1, 0.15) is 57.4 Å². The summed E-state index contributed by atoms with van der Waals surface area (Å²) in [6.07, 6.45) is 0.537. The molecule has 0 saturated heterocycles. The van der Waals surface area contributed by atoms with E-state index in [9.17, 15) is 4.79 Å². The Labute approximate surface area is 138 Å². The maximum atomic E-state index is 12.4. The Kier molecular flexibility index (Phi) is 5.19. The van der Waals surface area contributed by atoms with Gasteiger partial charge in [0.25, 0.3) is 0 Å². The SMILES string of the molecule is CCOc1cc2c(cc1CN)CCN(C(=O)OC(C)(C)C)C2C. The molecule has 0 saturated carbocycles. The van der Waals surface area contributed by atoms with Crippen LogP contribution in [0.2, 0.25) is 0 Å². The van der Waals surface area contributed by atoms with Crippen LogP contribution in [0, 0.1) is 0 Å². The van der Waals surface area contributed by atoms with Crippen LogP contribution < -0.4 is 10.5 Å². The summed E-state index contributed by atoms with van der Waals surface area (Å²) in [5.74, 6) is 0.812. The Morgan fingerprint density at radius 1 is 1.39 bits per heavy atom. The van der Waals surface area contributed by atoms with Gasteiger partial charge in [0.15, 0.2) is 0 Å². The molecule has 1 aromatic rings. The minimum Gasteiger partial charge on any atom is -0.494 e. The minimum atomic E-state index is -0.489. The van der Waals surface area contributed by atoms with Crippen LogP contribution in [-0.4, -0.2) is 29.7 Å². The number of benzene rings is 1. The van der Waals surface area contributed by atoms with E-state index in [4.69, 9.17) is 15.2 Å². The van der Waals surface area contributed by atoms with Crippen molar-refractivity contribution in [3.63, 3.8) is 0 Å². The molecule has 0 fully saturated rings. The zero-order chi connectivity index (χ0) is 17.2. The topological polar surface area (TPSA) is 64.8 Å². The monoisotopic (exact) mass is 320 g/mol. The van der Waals surface area contributed by atoms with Gasteiger partial charge in [0.05, 0.1) is 12.6 Å². The Bertz CT molecular complexity index is 578. The van der Waals surface area contributed by atoms with Crippen molar-refractivity contribution in [3.8, 4) is 5.75 Å². The smallest absolute Gasteiger partial charge is 0.410 e. The lowest BCUT2D eigenvalue weighted by Gasteiger charge is -2.36. The Morgan fingerprint density at radius 2 is 2.09 bits per heavy atom. The summed E-state index contributed by atoms with van der Waals surface area (Å²) >= 11 is 0. The van der Waals surface area contributed by atoms with Crippen LogP contribution in [0.3, 0.4) is 0 Å². The zero-order valence-corrected chi connectivity index (χ0v) is 14.8. The molecule has 0 spiro atoms. The van der Waals surface area contributed by atoms with Crippen LogP contribution in [0.4, 0.5) is 4.79 Å². The predicted molar refractivity (Wildman–Crippen MR) is 90.6 cm³/mol. The van der Waals surface area contributed by atoms with Crippen LogP contribution in [0.25, 0.3) is 0 Å². The molecule has 0 radical (unpaired) electrons. The summed E-state index contributed by atoms with van der Waals surface area (Å²) in [6, 6.07) is 4.10. The fourth-order valence-electron chi connectivity index (χ4n) is 2.92. The molecule has 2 rings (SSSR count). The standard InChI is InChI=1S/C18H28N2O3/c1-6-22-16-10-15-12(2)20(17(21)23-18(3,4)5)8-7-13(15)9-14(16)11-19/h9-10,12H,6-8,11,19H2,1-5H3. The van der Waals surface area contributed by atoms with Gasteiger partial charge in [-0.15, -0.1) is 0 Å². The largest absolute Gasteiger partial charge is 0.494 e. The van der Waals surface area contributed by atoms with Crippen molar-refractivity contribution >= 4 is 6.09 Å². The molecule has 0 aliphatic carbocycles. The molecule has 0 bridgehead atoms. The molecular weight excluding hydrogens is 292 g/mol. The third kappa shape index (κ3) is 3.96. The van der Waals surface area contributed by atoms with Gasteiger partial charge in [-0.3, -0.25) is 0 Å². The van der Waals surface area contributed by atoms with E-state index in [1.165, 1.54) is 5.56 Å². The number of amides is 1. The van der Waals surface area contributed by atoms with Gasteiger partial charge in [-0.1, -0.05) is 6.07 Å². The molecule has 0 aromatic heterocycles. The van der Waals surface area contributed by atoms with E-state index >= 15 is 0 Å². The first-order valence-electron chi connectivity index (χ1n) is 8.25. The minimum absolute atomic E-state index is 0.0420. The third-order valence-electron chi connectivity index (χ3n) is 4.01. The van der Waals surface area contributed by atoms with Gasteiger partial charge in [0, 0.05) is 18.7 Å². The number of nitrogens with two attached hydrogens (primary N) is 1. The number of nitrogens with zero attached hydrogens (tertiary/aromatic N) is 1. The van der Waals surface area contributed by atoms with Crippen molar-refractivity contribution < 1.29 is 14.3 Å². The number of hydrogen-bond acceptors (Lipinski definition) is 4. The number of carbonyl (C=O) groups is 1. The first-order chi connectivity index (χ1) is 10.8. The Balaban J connectivity index is 2.29. The highest BCUT2D eigenvalue weighted by atomic mass is 16.6. The van der Waals surface area contributed by atoms with Crippen molar-refractivity contribution in [1.82, 2.24) is 4.90 Å². The average Bonchev–Trinajstić information content (AvgIpc) is 2.46. The van der Waals surface area contributed by atoms with Gasteiger partial charge in [0.2, 0.25) is 0 Å². The molecule has 1 heterocycles. The molecule has 1 aliphatic rings. The molecule has 1 unspecified atom stereocenters. The maximum Gasteiger partial charge on any atom is 0.410 e. The molecule has 5 nitrogen and oxygen atoms in total. The van der Waals surface area contributed by atoms with Crippen molar-refractivity contribution in [1.29, 1.82) is 0 Å². The number of rotatable bonds is 3. The van der Waals surface area contributed by atoms with Crippen molar-refractivity contribution in [2.24, 2.45) is 5.73 Å². The molecule has 128 valence electrons. The van der Waals surface area contributed by atoms with E-state index in [1.54, 1.807) is 4.90 Å². The summed E-state index contributed by atoms with van der Waals surface area (Å²) in [6.45, 7) is 11.3. The van der Waals surface area contributed by atoms with E-state index in [1.807, 2.05) is 40.7 Å². The van der Waals surface area contributed by atoms with E-state index in [0.29, 0.717) is 19.7 Å². The van der Waals surface area contributed by atoms with Gasteiger partial charge in [-0.25, -0.2) is 4.79 Å².